The van der Waals surface area contributed by atoms with E-state index in [4.69, 9.17) is 6.42 Å². The molecule has 6 nitrogen and oxygen atoms in total. The summed E-state index contributed by atoms with van der Waals surface area (Å²) >= 11 is 0. The van der Waals surface area contributed by atoms with Gasteiger partial charge in [-0.15, -0.1) is 22.0 Å². The maximum Gasteiger partial charge on any atom is 0.293 e. The number of terminal acetylenes is 1. The second-order valence-electron chi connectivity index (χ2n) is 7.17. The molecule has 0 aliphatic carbocycles. The van der Waals surface area contributed by atoms with Crippen LogP contribution in [0.25, 0.3) is 0 Å². The van der Waals surface area contributed by atoms with Crippen LogP contribution in [0.4, 0.5) is 21.2 Å². The number of hydrogen-bond donors (Lipinski definition) is 2. The van der Waals surface area contributed by atoms with E-state index in [9.17, 15) is 29.9 Å². The number of hydrogen-bond acceptors (Lipinski definition) is 3. The van der Waals surface area contributed by atoms with Gasteiger partial charge in [0.05, 0.1) is 23.3 Å². The molecule has 0 fully saturated rings. The van der Waals surface area contributed by atoms with Crippen LogP contribution in [-0.2, 0) is 11.8 Å². The van der Waals surface area contributed by atoms with Crippen molar-refractivity contribution in [3.8, 4) is 12.3 Å². The van der Waals surface area contributed by atoms with Gasteiger partial charge in [-0.25, -0.2) is 0 Å². The molecule has 168 valence electrons. The van der Waals surface area contributed by atoms with Crippen LogP contribution < -0.4 is 10.6 Å². The van der Waals surface area contributed by atoms with Crippen LogP contribution in [0.2, 0.25) is 0 Å². The Hall–Kier alpha value is -3.26. The second kappa shape index (κ2) is 7.16. The lowest BCUT2D eigenvalue weighted by atomic mass is 10.0. The van der Waals surface area contributed by atoms with Crippen LogP contribution in [0.1, 0.15) is 32.1 Å². The van der Waals surface area contributed by atoms with Crippen LogP contribution in [0.15, 0.2) is 29.2 Å². The lowest BCUT2D eigenvalue weighted by Crippen LogP contribution is -2.31. The van der Waals surface area contributed by atoms with Gasteiger partial charge in [0.2, 0.25) is 0 Å². The van der Waals surface area contributed by atoms with Gasteiger partial charge in [-0.2, -0.15) is 0 Å². The predicted octanol–water partition coefficient (Wildman–Crippen LogP) is 4.23. The molecule has 0 aliphatic heterocycles. The average Bonchev–Trinajstić information content (AvgIpc) is 2.86. The van der Waals surface area contributed by atoms with Gasteiger partial charge in [0.25, 0.3) is 17.6 Å². The summed E-state index contributed by atoms with van der Waals surface area (Å²) in [6, 6.07) is 3.24. The number of Topliss-reactive ketones (excluding diaryl/α,β-unsaturated/α-hetero) is 1. The number of carbonyl (C=O) groups excluding carboxylic acids is 3. The van der Waals surface area contributed by atoms with Crippen molar-refractivity contribution in [3.63, 3.8) is 0 Å². The molecule has 0 spiro atoms. The highest BCUT2D eigenvalue weighted by atomic mass is 32.5. The number of halogens is 4. The van der Waals surface area contributed by atoms with E-state index in [-0.39, 0.29) is 29.1 Å². The molecule has 2 rings (SSSR count). The number of aromatic nitrogens is 1. The Morgan fingerprint density at radius 2 is 1.77 bits per heavy atom. The van der Waals surface area contributed by atoms with E-state index in [2.05, 4.69) is 16.6 Å². The minimum absolute atomic E-state index is 0.0206. The van der Waals surface area contributed by atoms with E-state index in [1.807, 2.05) is 0 Å². The smallest absolute Gasteiger partial charge is 0.293 e. The number of ketones is 1. The molecule has 2 N–H and O–H groups in total. The Balaban J connectivity index is 2.42. The average molecular weight is 459 g/mol. The summed E-state index contributed by atoms with van der Waals surface area (Å²) in [5.41, 5.74) is 0.117. The molecule has 2 aromatic rings. The first kappa shape index (κ1) is 24.0. The zero-order valence-electron chi connectivity index (χ0n) is 17.2. The van der Waals surface area contributed by atoms with E-state index in [0.717, 1.165) is 6.07 Å². The Bertz CT molecular complexity index is 1150. The topological polar surface area (TPSA) is 80.2 Å². The Labute approximate surface area is 176 Å². The van der Waals surface area contributed by atoms with Gasteiger partial charge >= 0.3 is 0 Å². The van der Waals surface area contributed by atoms with Gasteiger partial charge in [-0.3, -0.25) is 14.4 Å². The molecule has 31 heavy (non-hydrogen) atoms. The minimum atomic E-state index is -8.43. The lowest BCUT2D eigenvalue weighted by molar-refractivity contribution is -0.116. The lowest BCUT2D eigenvalue weighted by Gasteiger charge is -2.46. The van der Waals surface area contributed by atoms with Crippen LogP contribution >= 0.6 is 9.84 Å². The number of nitrogens with zero attached hydrogens (tertiary/aromatic N) is 1. The number of anilines is 1. The molecule has 1 aromatic heterocycles. The molecule has 1 aromatic carbocycles. The predicted molar refractivity (Wildman–Crippen MR) is 112 cm³/mol. The molecule has 0 saturated carbocycles. The standard InChI is InChI=1S/C20H21F4N3O3S/c1-6-10-25-20(30)18(28)16-12(2)17(27(4)13(16)3)19(29)26-14-8-7-9-15(11-14)31(5,21,22,23)24/h1,7-9,11H,10H2,2-5H3,(H,25,30)(H,26,29). The highest BCUT2D eigenvalue weighted by molar-refractivity contribution is 8.49. The van der Waals surface area contributed by atoms with Gasteiger partial charge in [0, 0.05) is 18.4 Å². The van der Waals surface area contributed by atoms with Crippen molar-refractivity contribution in [2.24, 2.45) is 7.05 Å². The zero-order valence-corrected chi connectivity index (χ0v) is 18.0. The maximum atomic E-state index is 13.7. The molecule has 0 radical (unpaired) electrons. The summed E-state index contributed by atoms with van der Waals surface area (Å²) < 4.78 is 56.1. The summed E-state index contributed by atoms with van der Waals surface area (Å²) in [5, 5.41) is 4.52. The van der Waals surface area contributed by atoms with E-state index < -0.39 is 38.6 Å². The van der Waals surface area contributed by atoms with E-state index >= 15 is 0 Å². The second-order valence-corrected chi connectivity index (χ2v) is 10.6. The number of amides is 2. The van der Waals surface area contributed by atoms with Crippen LogP contribution in [0.3, 0.4) is 0 Å². The van der Waals surface area contributed by atoms with E-state index in [0.29, 0.717) is 17.8 Å². The molecule has 0 unspecified atom stereocenters. The summed E-state index contributed by atoms with van der Waals surface area (Å²) in [4.78, 5) is 35.7. The largest absolute Gasteiger partial charge is 0.343 e. The Morgan fingerprint density at radius 3 is 2.32 bits per heavy atom. The number of benzene rings is 1. The van der Waals surface area contributed by atoms with Gasteiger partial charge in [0.15, 0.2) is 9.84 Å². The fourth-order valence-electron chi connectivity index (χ4n) is 3.04. The van der Waals surface area contributed by atoms with Crippen molar-refractivity contribution < 1.29 is 29.9 Å². The Kier molecular flexibility index (Phi) is 5.55. The molecule has 2 amide bonds. The molecular weight excluding hydrogens is 438 g/mol. The van der Waals surface area contributed by atoms with Crippen LogP contribution in [0.5, 0.6) is 0 Å². The molecule has 0 aliphatic rings. The van der Waals surface area contributed by atoms with Crippen molar-refractivity contribution in [1.82, 2.24) is 9.88 Å². The summed E-state index contributed by atoms with van der Waals surface area (Å²) in [7, 11) is -6.97. The van der Waals surface area contributed by atoms with Gasteiger partial charge in [-0.1, -0.05) is 12.0 Å². The van der Waals surface area contributed by atoms with Crippen molar-refractivity contribution in [2.75, 3.05) is 18.1 Å². The first-order valence-electron chi connectivity index (χ1n) is 8.80. The molecule has 11 heteroatoms. The molecule has 0 bridgehead atoms. The monoisotopic (exact) mass is 459 g/mol. The molecule has 0 saturated heterocycles. The fraction of sp³-hybridized carbons (Fsp3) is 0.250. The van der Waals surface area contributed by atoms with Gasteiger partial charge < -0.3 is 15.2 Å². The SMILES string of the molecule is C#CCNC(=O)C(=O)c1c(C)c(C(=O)Nc2cccc(S(C)(F)(F)(F)F)c2)n(C)c1C. The third-order valence-corrected chi connectivity index (χ3v) is 6.05. The number of nitrogens with one attached hydrogen (secondary N) is 2. The number of rotatable bonds is 6. The minimum Gasteiger partial charge on any atom is -0.343 e. The summed E-state index contributed by atoms with van der Waals surface area (Å²) in [6.45, 7) is 2.78. The summed E-state index contributed by atoms with van der Waals surface area (Å²) in [5.74, 6) is -0.532. The number of carbonyl (C=O) groups is 3. The Morgan fingerprint density at radius 1 is 1.16 bits per heavy atom. The van der Waals surface area contributed by atoms with Crippen molar-refractivity contribution in [1.29, 1.82) is 0 Å². The highest BCUT2D eigenvalue weighted by Crippen LogP contribution is 2.98. The van der Waals surface area contributed by atoms with E-state index in [1.54, 1.807) is 0 Å². The van der Waals surface area contributed by atoms with Gasteiger partial charge in [0.1, 0.15) is 5.69 Å². The molecule has 0 atom stereocenters. The fourth-order valence-corrected chi connectivity index (χ4v) is 3.89. The maximum absolute atomic E-state index is 13.7. The quantitative estimate of drug-likeness (QED) is 0.294. The molecular formula is C20H21F4N3O3S. The zero-order chi connectivity index (χ0) is 23.8. The van der Waals surface area contributed by atoms with E-state index in [1.165, 1.54) is 31.5 Å². The van der Waals surface area contributed by atoms with Gasteiger partial charge in [-0.05, 0) is 37.6 Å². The molecule has 1 heterocycles. The third-order valence-electron chi connectivity index (χ3n) is 4.61. The van der Waals surface area contributed by atoms with Crippen molar-refractivity contribution >= 4 is 33.1 Å². The van der Waals surface area contributed by atoms with Crippen molar-refractivity contribution in [3.05, 3.63) is 46.8 Å². The first-order chi connectivity index (χ1) is 14.0. The third kappa shape index (κ3) is 5.08. The normalized spacial score (nSPS) is 13.5. The van der Waals surface area contributed by atoms with Crippen molar-refractivity contribution in [2.45, 2.75) is 18.7 Å². The summed E-state index contributed by atoms with van der Waals surface area (Å²) in [6.07, 6.45) is 4.64. The van der Waals surface area contributed by atoms with Crippen LogP contribution in [0, 0.1) is 26.2 Å². The highest BCUT2D eigenvalue weighted by Gasteiger charge is 2.59. The van der Waals surface area contributed by atoms with Crippen LogP contribution in [-0.4, -0.2) is 35.0 Å². The first-order valence-corrected chi connectivity index (χ1v) is 11.3.